The Labute approximate surface area is 111 Å². The van der Waals surface area contributed by atoms with Crippen molar-refractivity contribution in [3.05, 3.63) is 35.9 Å². The molecular weight excluding hydrogens is 246 g/mol. The van der Waals surface area contributed by atoms with Crippen molar-refractivity contribution in [3.8, 4) is 0 Å². The summed E-state index contributed by atoms with van der Waals surface area (Å²) in [6.07, 6.45) is 2.62. The van der Waals surface area contributed by atoms with Gasteiger partial charge in [0.05, 0.1) is 14.7 Å². The molecule has 0 radical (unpaired) electrons. The van der Waals surface area contributed by atoms with Crippen LogP contribution in [-0.4, -0.2) is 20.4 Å². The molecule has 1 aromatic carbocycles. The first kappa shape index (κ1) is 11.7. The molecule has 17 heavy (non-hydrogen) atoms. The average molecular weight is 263 g/mol. The summed E-state index contributed by atoms with van der Waals surface area (Å²) in [5.41, 5.74) is 1.33. The summed E-state index contributed by atoms with van der Waals surface area (Å²) in [4.78, 5) is 4.98. The second kappa shape index (κ2) is 4.06. The maximum atomic E-state index is 4.98. The molecule has 0 N–H and O–H groups in total. The van der Waals surface area contributed by atoms with E-state index in [1.807, 2.05) is 11.8 Å². The number of hydrogen-bond acceptors (Lipinski definition) is 3. The number of nitrogens with zero attached hydrogens (tertiary/aromatic N) is 1. The van der Waals surface area contributed by atoms with Crippen molar-refractivity contribution in [1.29, 1.82) is 0 Å². The summed E-state index contributed by atoms with van der Waals surface area (Å²) >= 11 is 4.10. The van der Waals surface area contributed by atoms with Gasteiger partial charge in [-0.25, -0.2) is 0 Å². The van der Waals surface area contributed by atoms with E-state index in [1.54, 1.807) is 0 Å². The van der Waals surface area contributed by atoms with Crippen LogP contribution in [0.5, 0.6) is 0 Å². The maximum Gasteiger partial charge on any atom is 0.0998 e. The highest BCUT2D eigenvalue weighted by molar-refractivity contribution is 8.27. The Balaban J connectivity index is 1.96. The lowest BCUT2D eigenvalue weighted by Crippen LogP contribution is -2.37. The Morgan fingerprint density at radius 2 is 1.94 bits per heavy atom. The zero-order chi connectivity index (χ0) is 11.9. The van der Waals surface area contributed by atoms with E-state index >= 15 is 0 Å². The Hall–Kier alpha value is -0.410. The molecular formula is C14H17NS2. The van der Waals surface area contributed by atoms with Gasteiger partial charge in [-0.2, -0.15) is 0 Å². The second-order valence-electron chi connectivity index (χ2n) is 5.15. The van der Waals surface area contributed by atoms with Crippen LogP contribution in [0.25, 0.3) is 0 Å². The quantitative estimate of drug-likeness (QED) is 0.753. The van der Waals surface area contributed by atoms with Gasteiger partial charge in [0.1, 0.15) is 0 Å². The number of rotatable bonds is 1. The van der Waals surface area contributed by atoms with Crippen LogP contribution < -0.4 is 0 Å². The first-order valence-corrected chi connectivity index (χ1v) is 7.91. The molecule has 3 rings (SSSR count). The predicted molar refractivity (Wildman–Crippen MR) is 79.1 cm³/mol. The van der Waals surface area contributed by atoms with Gasteiger partial charge < -0.3 is 0 Å². The van der Waals surface area contributed by atoms with Crippen LogP contribution in [0.15, 0.2) is 35.3 Å². The van der Waals surface area contributed by atoms with E-state index in [2.05, 4.69) is 55.9 Å². The molecule has 0 amide bonds. The molecule has 2 aliphatic rings. The molecule has 1 fully saturated rings. The monoisotopic (exact) mass is 263 g/mol. The molecule has 0 aliphatic carbocycles. The molecule has 0 bridgehead atoms. The van der Waals surface area contributed by atoms with Crippen molar-refractivity contribution in [2.75, 3.05) is 5.75 Å². The van der Waals surface area contributed by atoms with Gasteiger partial charge in [0.15, 0.2) is 0 Å². The molecule has 1 saturated heterocycles. The summed E-state index contributed by atoms with van der Waals surface area (Å²) in [6.45, 7) is 4.57. The van der Waals surface area contributed by atoms with Crippen LogP contribution in [0.2, 0.25) is 0 Å². The van der Waals surface area contributed by atoms with Crippen molar-refractivity contribution in [3.63, 3.8) is 0 Å². The fourth-order valence-electron chi connectivity index (χ4n) is 2.52. The van der Waals surface area contributed by atoms with Crippen molar-refractivity contribution >= 4 is 28.6 Å². The van der Waals surface area contributed by atoms with Crippen LogP contribution >= 0.6 is 23.5 Å². The van der Waals surface area contributed by atoms with Crippen LogP contribution in [0.1, 0.15) is 32.3 Å². The molecule has 0 aromatic heterocycles. The number of thioether (sulfide) groups is 2. The van der Waals surface area contributed by atoms with Crippen molar-refractivity contribution in [2.45, 2.75) is 36.3 Å². The van der Waals surface area contributed by atoms with Gasteiger partial charge in [0.25, 0.3) is 0 Å². The minimum absolute atomic E-state index is 0.0595. The summed E-state index contributed by atoms with van der Waals surface area (Å²) in [6, 6.07) is 10.6. The van der Waals surface area contributed by atoms with E-state index in [4.69, 9.17) is 4.99 Å². The molecule has 1 aromatic rings. The van der Waals surface area contributed by atoms with E-state index in [9.17, 15) is 0 Å². The van der Waals surface area contributed by atoms with Crippen LogP contribution in [0.4, 0.5) is 0 Å². The Morgan fingerprint density at radius 1 is 1.18 bits per heavy atom. The van der Waals surface area contributed by atoms with E-state index < -0.39 is 0 Å². The highest BCUT2D eigenvalue weighted by Crippen LogP contribution is 2.59. The Bertz CT molecular complexity index is 445. The fraction of sp³-hybridized carbons (Fsp3) is 0.500. The minimum Gasteiger partial charge on any atom is -0.269 e. The van der Waals surface area contributed by atoms with Gasteiger partial charge in [0.2, 0.25) is 0 Å². The highest BCUT2D eigenvalue weighted by Gasteiger charge is 2.53. The fourth-order valence-corrected chi connectivity index (χ4v) is 5.93. The summed E-state index contributed by atoms with van der Waals surface area (Å²) in [5, 5.41) is 1.23. The average Bonchev–Trinajstić information content (AvgIpc) is 2.88. The lowest BCUT2D eigenvalue weighted by Gasteiger charge is -2.33. The van der Waals surface area contributed by atoms with Crippen molar-refractivity contribution in [1.82, 2.24) is 0 Å². The third kappa shape index (κ3) is 1.84. The Morgan fingerprint density at radius 3 is 2.59 bits per heavy atom. The highest BCUT2D eigenvalue weighted by atomic mass is 32.2. The minimum atomic E-state index is 0.0595. The zero-order valence-corrected chi connectivity index (χ0v) is 11.9. The van der Waals surface area contributed by atoms with E-state index in [-0.39, 0.29) is 9.62 Å². The first-order valence-electron chi connectivity index (χ1n) is 6.11. The van der Waals surface area contributed by atoms with E-state index in [0.29, 0.717) is 0 Å². The molecule has 3 heteroatoms. The van der Waals surface area contributed by atoms with E-state index in [1.165, 1.54) is 29.2 Å². The van der Waals surface area contributed by atoms with Crippen molar-refractivity contribution < 1.29 is 0 Å². The van der Waals surface area contributed by atoms with E-state index in [0.717, 1.165) is 0 Å². The summed E-state index contributed by atoms with van der Waals surface area (Å²) in [7, 11) is 0. The lowest BCUT2D eigenvalue weighted by atomic mass is 9.97. The van der Waals surface area contributed by atoms with Gasteiger partial charge in [-0.05, 0) is 32.4 Å². The molecule has 1 unspecified atom stereocenters. The third-order valence-electron chi connectivity index (χ3n) is 3.58. The molecule has 2 heterocycles. The van der Waals surface area contributed by atoms with Gasteiger partial charge in [-0.3, -0.25) is 4.99 Å². The summed E-state index contributed by atoms with van der Waals surface area (Å²) in [5.74, 6) is 1.29. The SMILES string of the molecule is CC1(C)N=C(c2ccccc2)SC12CCCS2. The summed E-state index contributed by atoms with van der Waals surface area (Å²) < 4.78 is 0.290. The second-order valence-corrected chi connectivity index (χ2v) is 8.09. The van der Waals surface area contributed by atoms with Crippen LogP contribution in [0, 0.1) is 0 Å². The van der Waals surface area contributed by atoms with Gasteiger partial charge in [0, 0.05) is 5.56 Å². The third-order valence-corrected chi connectivity index (χ3v) is 7.40. The van der Waals surface area contributed by atoms with Crippen LogP contribution in [-0.2, 0) is 0 Å². The predicted octanol–water partition coefficient (Wildman–Crippen LogP) is 4.18. The number of benzene rings is 1. The molecule has 1 atom stereocenters. The van der Waals surface area contributed by atoms with Crippen LogP contribution in [0.3, 0.4) is 0 Å². The molecule has 90 valence electrons. The number of hydrogen-bond donors (Lipinski definition) is 0. The standard InChI is InChI=1S/C14H17NS2/c1-13(2)14(9-6-10-16-14)17-12(15-13)11-7-4-3-5-8-11/h3-5,7-8H,6,9-10H2,1-2H3. The van der Waals surface area contributed by atoms with Crippen molar-refractivity contribution in [2.24, 2.45) is 4.99 Å². The molecule has 1 spiro atoms. The smallest absolute Gasteiger partial charge is 0.0998 e. The van der Waals surface area contributed by atoms with Gasteiger partial charge in [-0.1, -0.05) is 42.1 Å². The normalized spacial score (nSPS) is 30.8. The molecule has 2 aliphatic heterocycles. The zero-order valence-electron chi connectivity index (χ0n) is 10.3. The Kier molecular flexibility index (Phi) is 2.79. The maximum absolute atomic E-state index is 4.98. The largest absolute Gasteiger partial charge is 0.269 e. The van der Waals surface area contributed by atoms with Gasteiger partial charge >= 0.3 is 0 Å². The topological polar surface area (TPSA) is 12.4 Å². The molecule has 1 nitrogen and oxygen atoms in total. The first-order chi connectivity index (χ1) is 8.13. The lowest BCUT2D eigenvalue weighted by molar-refractivity contribution is 0.466. The molecule has 0 saturated carbocycles. The number of aliphatic imine (C=N–C) groups is 1. The van der Waals surface area contributed by atoms with Gasteiger partial charge in [-0.15, -0.1) is 11.8 Å².